The Labute approximate surface area is 150 Å². The van der Waals surface area contributed by atoms with Crippen molar-refractivity contribution in [3.63, 3.8) is 0 Å². The van der Waals surface area contributed by atoms with Crippen LogP contribution in [0.4, 0.5) is 0 Å². The summed E-state index contributed by atoms with van der Waals surface area (Å²) in [6.07, 6.45) is 1.64. The fraction of sp³-hybridized carbons (Fsp3) is 0.450. The first-order valence-corrected chi connectivity index (χ1v) is 8.58. The van der Waals surface area contributed by atoms with Crippen LogP contribution in [0, 0.1) is 6.92 Å². The maximum absolute atomic E-state index is 12.2. The van der Waals surface area contributed by atoms with E-state index in [0.29, 0.717) is 12.5 Å². The van der Waals surface area contributed by atoms with E-state index in [1.165, 1.54) is 5.56 Å². The zero-order valence-electron chi connectivity index (χ0n) is 15.7. The number of hydrogen-bond acceptors (Lipinski definition) is 4. The third kappa shape index (κ3) is 5.36. The zero-order valence-corrected chi connectivity index (χ0v) is 15.7. The number of carbonyl (C=O) groups excluding carboxylic acids is 1. The molecule has 136 valence electrons. The van der Waals surface area contributed by atoms with Gasteiger partial charge < -0.3 is 14.5 Å². The summed E-state index contributed by atoms with van der Waals surface area (Å²) >= 11 is 0. The van der Waals surface area contributed by atoms with Gasteiger partial charge in [-0.1, -0.05) is 26.0 Å². The number of amides is 1. The second-order valence-electron chi connectivity index (χ2n) is 6.77. The van der Waals surface area contributed by atoms with Crippen LogP contribution in [-0.4, -0.2) is 38.1 Å². The highest BCUT2D eigenvalue weighted by Crippen LogP contribution is 2.24. The molecule has 2 rings (SSSR count). The number of rotatable bonds is 8. The normalized spacial score (nSPS) is 12.4. The highest BCUT2D eigenvalue weighted by atomic mass is 16.5. The van der Waals surface area contributed by atoms with Gasteiger partial charge in [0, 0.05) is 6.54 Å². The number of nitrogens with zero attached hydrogens (tertiary/aromatic N) is 1. The molecule has 1 N–H and O–H groups in total. The molecule has 25 heavy (non-hydrogen) atoms. The molecule has 0 aliphatic rings. The molecular formula is C20H28N2O3. The second kappa shape index (κ2) is 8.72. The summed E-state index contributed by atoms with van der Waals surface area (Å²) in [6, 6.07) is 9.89. The van der Waals surface area contributed by atoms with Crippen LogP contribution in [0.1, 0.15) is 42.7 Å². The molecule has 0 radical (unpaired) electrons. The third-order valence-corrected chi connectivity index (χ3v) is 4.23. The summed E-state index contributed by atoms with van der Waals surface area (Å²) in [7, 11) is 3.91. The average Bonchev–Trinajstić information content (AvgIpc) is 3.07. The molecular weight excluding hydrogens is 316 g/mol. The summed E-state index contributed by atoms with van der Waals surface area (Å²) in [5.41, 5.74) is 2.23. The Bertz CT molecular complexity index is 678. The molecule has 0 aliphatic carbocycles. The number of aryl methyl sites for hydroxylation is 1. The summed E-state index contributed by atoms with van der Waals surface area (Å²) in [5, 5.41) is 2.91. The lowest BCUT2D eigenvalue weighted by atomic mass is 10.0. The van der Waals surface area contributed by atoms with Crippen LogP contribution in [0.15, 0.2) is 41.0 Å². The van der Waals surface area contributed by atoms with Crippen molar-refractivity contribution < 1.29 is 13.9 Å². The predicted molar refractivity (Wildman–Crippen MR) is 98.9 cm³/mol. The van der Waals surface area contributed by atoms with Gasteiger partial charge in [0.25, 0.3) is 5.91 Å². The lowest BCUT2D eigenvalue weighted by Gasteiger charge is -2.22. The van der Waals surface area contributed by atoms with Crippen LogP contribution >= 0.6 is 0 Å². The van der Waals surface area contributed by atoms with Crippen LogP contribution in [0.2, 0.25) is 0 Å². The minimum Gasteiger partial charge on any atom is -0.483 e. The number of carbonyl (C=O) groups is 1. The van der Waals surface area contributed by atoms with E-state index >= 15 is 0 Å². The number of hydrogen-bond donors (Lipinski definition) is 1. The van der Waals surface area contributed by atoms with Crippen LogP contribution in [0.25, 0.3) is 0 Å². The molecule has 5 heteroatoms. The maximum Gasteiger partial charge on any atom is 0.258 e. The van der Waals surface area contributed by atoms with Crippen molar-refractivity contribution in [1.82, 2.24) is 10.2 Å². The topological polar surface area (TPSA) is 54.7 Å². The lowest BCUT2D eigenvalue weighted by molar-refractivity contribution is -0.123. The van der Waals surface area contributed by atoms with Crippen LogP contribution in [0.3, 0.4) is 0 Å². The van der Waals surface area contributed by atoms with E-state index in [9.17, 15) is 4.79 Å². The van der Waals surface area contributed by atoms with Crippen LogP contribution in [-0.2, 0) is 4.79 Å². The van der Waals surface area contributed by atoms with E-state index in [2.05, 4.69) is 25.2 Å². The molecule has 1 aromatic heterocycles. The average molecular weight is 344 g/mol. The van der Waals surface area contributed by atoms with Crippen LogP contribution < -0.4 is 10.1 Å². The standard InChI is InChI=1S/C20H28N2O3/c1-14(2)16-9-8-15(3)19(11-16)25-13-20(23)21-12-17(22(4)5)18-7-6-10-24-18/h6-11,14,17H,12-13H2,1-5H3,(H,21,23). The summed E-state index contributed by atoms with van der Waals surface area (Å²) < 4.78 is 11.2. The van der Waals surface area contributed by atoms with Gasteiger partial charge in [-0.05, 0) is 56.3 Å². The number of furan rings is 1. The molecule has 0 saturated carbocycles. The molecule has 0 aliphatic heterocycles. The lowest BCUT2D eigenvalue weighted by Crippen LogP contribution is -2.36. The molecule has 5 nitrogen and oxygen atoms in total. The fourth-order valence-electron chi connectivity index (χ4n) is 2.55. The van der Waals surface area contributed by atoms with Crippen molar-refractivity contribution in [2.45, 2.75) is 32.7 Å². The minimum atomic E-state index is -0.146. The monoisotopic (exact) mass is 344 g/mol. The zero-order chi connectivity index (χ0) is 18.4. The van der Waals surface area contributed by atoms with E-state index in [0.717, 1.165) is 17.1 Å². The Kier molecular flexibility index (Phi) is 6.65. The predicted octanol–water partition coefficient (Wildman–Crippen LogP) is 3.51. The molecule has 0 spiro atoms. The van der Waals surface area contributed by atoms with E-state index in [4.69, 9.17) is 9.15 Å². The summed E-state index contributed by atoms with van der Waals surface area (Å²) in [6.45, 7) is 6.72. The largest absolute Gasteiger partial charge is 0.483 e. The van der Waals surface area contributed by atoms with Crippen molar-refractivity contribution in [3.8, 4) is 5.75 Å². The fourth-order valence-corrected chi connectivity index (χ4v) is 2.55. The Hall–Kier alpha value is -2.27. The van der Waals surface area contributed by atoms with Gasteiger partial charge in [-0.15, -0.1) is 0 Å². The number of likely N-dealkylation sites (N-methyl/N-ethyl adjacent to an activating group) is 1. The van der Waals surface area contributed by atoms with Gasteiger partial charge in [-0.25, -0.2) is 0 Å². The van der Waals surface area contributed by atoms with E-state index < -0.39 is 0 Å². The molecule has 1 unspecified atom stereocenters. The molecule has 1 atom stereocenters. The maximum atomic E-state index is 12.2. The van der Waals surface area contributed by atoms with E-state index in [-0.39, 0.29) is 18.6 Å². The third-order valence-electron chi connectivity index (χ3n) is 4.23. The molecule has 2 aromatic rings. The second-order valence-corrected chi connectivity index (χ2v) is 6.77. The SMILES string of the molecule is Cc1ccc(C(C)C)cc1OCC(=O)NCC(c1ccco1)N(C)C. The Morgan fingerprint density at radius 1 is 1.28 bits per heavy atom. The molecule has 0 bridgehead atoms. The first kappa shape index (κ1) is 19.1. The van der Waals surface area contributed by atoms with Gasteiger partial charge in [0.1, 0.15) is 11.5 Å². The van der Waals surface area contributed by atoms with Gasteiger partial charge in [-0.3, -0.25) is 9.69 Å². The first-order chi connectivity index (χ1) is 11.9. The molecule has 1 aromatic carbocycles. The molecule has 1 amide bonds. The van der Waals surface area contributed by atoms with Gasteiger partial charge in [0.2, 0.25) is 0 Å². The van der Waals surface area contributed by atoms with Crippen molar-refractivity contribution in [2.24, 2.45) is 0 Å². The number of benzene rings is 1. The Morgan fingerprint density at radius 2 is 2.04 bits per heavy atom. The van der Waals surface area contributed by atoms with Gasteiger partial charge in [0.15, 0.2) is 6.61 Å². The Morgan fingerprint density at radius 3 is 2.64 bits per heavy atom. The highest BCUT2D eigenvalue weighted by Gasteiger charge is 2.18. The van der Waals surface area contributed by atoms with Gasteiger partial charge in [0.05, 0.1) is 12.3 Å². The summed E-state index contributed by atoms with van der Waals surface area (Å²) in [5.74, 6) is 1.86. The molecule has 0 saturated heterocycles. The van der Waals surface area contributed by atoms with Crippen molar-refractivity contribution >= 4 is 5.91 Å². The van der Waals surface area contributed by atoms with Gasteiger partial charge in [-0.2, -0.15) is 0 Å². The number of nitrogens with one attached hydrogen (secondary N) is 1. The molecule has 0 fully saturated rings. The van der Waals surface area contributed by atoms with Crippen molar-refractivity contribution in [2.75, 3.05) is 27.2 Å². The van der Waals surface area contributed by atoms with E-state index in [1.807, 2.05) is 50.2 Å². The highest BCUT2D eigenvalue weighted by molar-refractivity contribution is 5.77. The Balaban J connectivity index is 1.89. The number of ether oxygens (including phenoxy) is 1. The smallest absolute Gasteiger partial charge is 0.258 e. The van der Waals surface area contributed by atoms with Crippen molar-refractivity contribution in [3.05, 3.63) is 53.5 Å². The minimum absolute atomic E-state index is 0.000686. The quantitative estimate of drug-likeness (QED) is 0.796. The summed E-state index contributed by atoms with van der Waals surface area (Å²) in [4.78, 5) is 14.2. The van der Waals surface area contributed by atoms with E-state index in [1.54, 1.807) is 6.26 Å². The van der Waals surface area contributed by atoms with Crippen molar-refractivity contribution in [1.29, 1.82) is 0 Å². The van der Waals surface area contributed by atoms with Crippen LogP contribution in [0.5, 0.6) is 5.75 Å². The molecule has 1 heterocycles. The van der Waals surface area contributed by atoms with Gasteiger partial charge >= 0.3 is 0 Å². The first-order valence-electron chi connectivity index (χ1n) is 8.58.